The van der Waals surface area contributed by atoms with E-state index in [0.29, 0.717) is 11.4 Å². The number of nitrogen functional groups attached to an aromatic ring is 1. The highest BCUT2D eigenvalue weighted by molar-refractivity contribution is 6.30. The van der Waals surface area contributed by atoms with Gasteiger partial charge in [-0.2, -0.15) is 0 Å². The van der Waals surface area contributed by atoms with Gasteiger partial charge in [-0.3, -0.25) is 4.79 Å². The number of benzene rings is 1. The topological polar surface area (TPSA) is 80.9 Å². The van der Waals surface area contributed by atoms with Crippen LogP contribution in [0.5, 0.6) is 0 Å². The molecule has 0 fully saturated rings. The smallest absolute Gasteiger partial charge is 0.273 e. The predicted molar refractivity (Wildman–Crippen MR) is 78.5 cm³/mol. The van der Waals surface area contributed by atoms with E-state index < -0.39 is 0 Å². The Balaban J connectivity index is 1.98. The van der Waals surface area contributed by atoms with Crippen LogP contribution in [0.25, 0.3) is 0 Å². The number of anilines is 1. The molecule has 2 rings (SSSR count). The van der Waals surface area contributed by atoms with Gasteiger partial charge in [0.25, 0.3) is 5.91 Å². The molecule has 1 amide bonds. The summed E-state index contributed by atoms with van der Waals surface area (Å²) in [6.45, 7) is 1.92. The highest BCUT2D eigenvalue weighted by Gasteiger charge is 2.14. The van der Waals surface area contributed by atoms with Gasteiger partial charge >= 0.3 is 0 Å². The second-order valence-corrected chi connectivity index (χ2v) is 4.93. The summed E-state index contributed by atoms with van der Waals surface area (Å²) in [6.07, 6.45) is 3.58. The van der Waals surface area contributed by atoms with Gasteiger partial charge in [0.15, 0.2) is 11.5 Å². The lowest BCUT2D eigenvalue weighted by molar-refractivity contribution is 0.0935. The van der Waals surface area contributed by atoms with Gasteiger partial charge in [0, 0.05) is 23.5 Å². The Morgan fingerprint density at radius 3 is 2.60 bits per heavy atom. The van der Waals surface area contributed by atoms with Crippen LogP contribution in [0.2, 0.25) is 5.02 Å². The number of amides is 1. The summed E-state index contributed by atoms with van der Waals surface area (Å²) in [4.78, 5) is 19.8. The number of carbonyl (C=O) groups is 1. The molecule has 5 nitrogen and oxygen atoms in total. The van der Waals surface area contributed by atoms with Crippen LogP contribution >= 0.6 is 11.6 Å². The molecule has 3 N–H and O–H groups in total. The lowest BCUT2D eigenvalue weighted by Gasteiger charge is -2.14. The zero-order chi connectivity index (χ0) is 14.5. The monoisotopic (exact) mass is 290 g/mol. The average molecular weight is 291 g/mol. The minimum atomic E-state index is -0.322. The van der Waals surface area contributed by atoms with Crippen molar-refractivity contribution in [1.82, 2.24) is 15.3 Å². The van der Waals surface area contributed by atoms with Crippen LogP contribution in [-0.2, 0) is 6.42 Å². The highest BCUT2D eigenvalue weighted by Crippen LogP contribution is 2.11. The average Bonchev–Trinajstić information content (AvgIpc) is 2.41. The van der Waals surface area contributed by atoms with E-state index >= 15 is 0 Å². The molecule has 6 heteroatoms. The molecule has 0 bridgehead atoms. The number of nitrogens with one attached hydrogen (secondary N) is 1. The second kappa shape index (κ2) is 6.34. The molecule has 0 saturated heterocycles. The molecular weight excluding hydrogens is 276 g/mol. The SMILES string of the molecule is C[C@H](Cc1ccc(Cl)cc1)NC(=O)c1nccnc1N. The number of hydrogen-bond donors (Lipinski definition) is 2. The molecule has 2 aromatic rings. The molecule has 1 heterocycles. The lowest BCUT2D eigenvalue weighted by atomic mass is 10.1. The zero-order valence-electron chi connectivity index (χ0n) is 11.0. The highest BCUT2D eigenvalue weighted by atomic mass is 35.5. The van der Waals surface area contributed by atoms with Gasteiger partial charge in [-0.1, -0.05) is 23.7 Å². The van der Waals surface area contributed by atoms with Crippen LogP contribution in [0.4, 0.5) is 5.82 Å². The van der Waals surface area contributed by atoms with Crippen LogP contribution in [0.1, 0.15) is 23.0 Å². The third kappa shape index (κ3) is 3.68. The first-order valence-corrected chi connectivity index (χ1v) is 6.56. The number of hydrogen-bond acceptors (Lipinski definition) is 4. The fraction of sp³-hybridized carbons (Fsp3) is 0.214. The molecular formula is C14H15ClN4O. The van der Waals surface area contributed by atoms with E-state index in [4.69, 9.17) is 17.3 Å². The maximum atomic E-state index is 12.0. The third-order valence-electron chi connectivity index (χ3n) is 2.77. The van der Waals surface area contributed by atoms with Crippen LogP contribution in [0, 0.1) is 0 Å². The second-order valence-electron chi connectivity index (χ2n) is 4.50. The van der Waals surface area contributed by atoms with Crippen molar-refractivity contribution >= 4 is 23.3 Å². The van der Waals surface area contributed by atoms with Crippen LogP contribution < -0.4 is 11.1 Å². The normalized spacial score (nSPS) is 11.9. The Bertz CT molecular complexity index is 600. The Hall–Kier alpha value is -2.14. The molecule has 0 saturated carbocycles. The molecule has 0 unspecified atom stereocenters. The van der Waals surface area contributed by atoms with E-state index in [1.807, 2.05) is 31.2 Å². The van der Waals surface area contributed by atoms with Gasteiger partial charge in [-0.25, -0.2) is 9.97 Å². The van der Waals surface area contributed by atoms with Gasteiger partial charge in [0.2, 0.25) is 0 Å². The van der Waals surface area contributed by atoms with E-state index in [-0.39, 0.29) is 23.5 Å². The molecule has 0 aliphatic rings. The van der Waals surface area contributed by atoms with E-state index in [1.54, 1.807) is 0 Å². The largest absolute Gasteiger partial charge is 0.382 e. The van der Waals surface area contributed by atoms with E-state index in [2.05, 4.69) is 15.3 Å². The summed E-state index contributed by atoms with van der Waals surface area (Å²) in [5, 5.41) is 3.54. The molecule has 1 aromatic heterocycles. The summed E-state index contributed by atoms with van der Waals surface area (Å²) in [7, 11) is 0. The molecule has 0 spiro atoms. The minimum absolute atomic E-state index is 0.0509. The van der Waals surface area contributed by atoms with Crippen molar-refractivity contribution < 1.29 is 4.79 Å². The van der Waals surface area contributed by atoms with E-state index in [1.165, 1.54) is 12.4 Å². The molecule has 1 aromatic carbocycles. The molecule has 0 aliphatic heterocycles. The first kappa shape index (κ1) is 14.3. The van der Waals surface area contributed by atoms with Crippen molar-refractivity contribution in [1.29, 1.82) is 0 Å². The van der Waals surface area contributed by atoms with Crippen molar-refractivity contribution in [2.75, 3.05) is 5.73 Å². The fourth-order valence-corrected chi connectivity index (χ4v) is 1.97. The maximum absolute atomic E-state index is 12.0. The molecule has 104 valence electrons. The van der Waals surface area contributed by atoms with Crippen molar-refractivity contribution in [3.63, 3.8) is 0 Å². The van der Waals surface area contributed by atoms with E-state index in [9.17, 15) is 4.79 Å². The number of carbonyl (C=O) groups excluding carboxylic acids is 1. The zero-order valence-corrected chi connectivity index (χ0v) is 11.8. The number of rotatable bonds is 4. The van der Waals surface area contributed by atoms with Gasteiger partial charge in [0.1, 0.15) is 0 Å². The van der Waals surface area contributed by atoms with Crippen LogP contribution in [-0.4, -0.2) is 21.9 Å². The summed E-state index contributed by atoms with van der Waals surface area (Å²) in [5.74, 6) is -0.194. The van der Waals surface area contributed by atoms with Gasteiger partial charge in [0.05, 0.1) is 0 Å². The summed E-state index contributed by atoms with van der Waals surface area (Å²) in [5.41, 5.74) is 6.86. The Kier molecular flexibility index (Phi) is 4.53. The number of halogens is 1. The molecule has 20 heavy (non-hydrogen) atoms. The van der Waals surface area contributed by atoms with E-state index in [0.717, 1.165) is 5.56 Å². The maximum Gasteiger partial charge on any atom is 0.273 e. The van der Waals surface area contributed by atoms with Crippen LogP contribution in [0.3, 0.4) is 0 Å². The van der Waals surface area contributed by atoms with Crippen molar-refractivity contribution in [3.8, 4) is 0 Å². The number of nitrogens with zero attached hydrogens (tertiary/aromatic N) is 2. The van der Waals surface area contributed by atoms with Crippen molar-refractivity contribution in [2.45, 2.75) is 19.4 Å². The number of aromatic nitrogens is 2. The molecule has 1 atom stereocenters. The summed E-state index contributed by atoms with van der Waals surface area (Å²) in [6, 6.07) is 7.46. The van der Waals surface area contributed by atoms with Crippen LogP contribution in [0.15, 0.2) is 36.7 Å². The Morgan fingerprint density at radius 1 is 1.30 bits per heavy atom. The van der Waals surface area contributed by atoms with Gasteiger partial charge < -0.3 is 11.1 Å². The first-order valence-electron chi connectivity index (χ1n) is 6.18. The Morgan fingerprint density at radius 2 is 1.95 bits per heavy atom. The number of nitrogens with two attached hydrogens (primary N) is 1. The van der Waals surface area contributed by atoms with Gasteiger partial charge in [-0.15, -0.1) is 0 Å². The van der Waals surface area contributed by atoms with Crippen molar-refractivity contribution in [2.24, 2.45) is 0 Å². The fourth-order valence-electron chi connectivity index (χ4n) is 1.84. The summed E-state index contributed by atoms with van der Waals surface area (Å²) >= 11 is 5.83. The predicted octanol–water partition coefficient (Wildman–Crippen LogP) is 2.07. The standard InChI is InChI=1S/C14H15ClN4O/c1-9(8-10-2-4-11(15)5-3-10)19-14(20)12-13(16)18-7-6-17-12/h2-7,9H,8H2,1H3,(H2,16,18)(H,19,20)/t9-/m1/s1. The molecule has 0 radical (unpaired) electrons. The quantitative estimate of drug-likeness (QED) is 0.903. The van der Waals surface area contributed by atoms with Gasteiger partial charge in [-0.05, 0) is 31.0 Å². The minimum Gasteiger partial charge on any atom is -0.382 e. The molecule has 0 aliphatic carbocycles. The lowest BCUT2D eigenvalue weighted by Crippen LogP contribution is -2.35. The Labute approximate surface area is 122 Å². The van der Waals surface area contributed by atoms with Crippen molar-refractivity contribution in [3.05, 3.63) is 52.9 Å². The first-order chi connectivity index (χ1) is 9.56. The third-order valence-corrected chi connectivity index (χ3v) is 3.03. The summed E-state index contributed by atoms with van der Waals surface area (Å²) < 4.78 is 0.